The minimum atomic E-state index is -0.0595. The summed E-state index contributed by atoms with van der Waals surface area (Å²) in [5.41, 5.74) is 1.56. The van der Waals surface area contributed by atoms with E-state index in [9.17, 15) is 4.79 Å². The Kier molecular flexibility index (Phi) is 2.90. The molecule has 7 heteroatoms. The van der Waals surface area contributed by atoms with Gasteiger partial charge in [-0.05, 0) is 31.4 Å². The molecule has 3 aromatic rings. The zero-order valence-corrected chi connectivity index (χ0v) is 11.5. The number of rotatable bonds is 3. The van der Waals surface area contributed by atoms with E-state index in [-0.39, 0.29) is 5.56 Å². The first-order valence-electron chi connectivity index (χ1n) is 6.02. The quantitative estimate of drug-likeness (QED) is 0.725. The summed E-state index contributed by atoms with van der Waals surface area (Å²) in [4.78, 5) is 17.7. The number of aromatic nitrogens is 5. The molecule has 0 aliphatic carbocycles. The Balaban J connectivity index is 2.05. The molecule has 0 radical (unpaired) electrons. The molecule has 3 rings (SSSR count). The van der Waals surface area contributed by atoms with Crippen LogP contribution in [0.5, 0.6) is 0 Å². The summed E-state index contributed by atoms with van der Waals surface area (Å²) in [5, 5.41) is 4.72. The molecular weight excluding hydrogens is 262 g/mol. The molecule has 0 aliphatic rings. The molecule has 3 heterocycles. The fourth-order valence-electron chi connectivity index (χ4n) is 2.00. The normalized spacial score (nSPS) is 11.3. The first-order valence-corrected chi connectivity index (χ1v) is 6.79. The van der Waals surface area contributed by atoms with E-state index in [4.69, 9.17) is 0 Å². The SMILES string of the molecule is CCn1ncc2c(=O)n(Cc3cc(C)ns3)cnc21. The molecule has 0 saturated carbocycles. The maximum atomic E-state index is 12.3. The van der Waals surface area contributed by atoms with Crippen molar-refractivity contribution in [2.45, 2.75) is 26.9 Å². The number of fused-ring (bicyclic) bond motifs is 1. The summed E-state index contributed by atoms with van der Waals surface area (Å²) >= 11 is 1.41. The van der Waals surface area contributed by atoms with E-state index in [0.717, 1.165) is 10.6 Å². The van der Waals surface area contributed by atoms with Crippen molar-refractivity contribution in [3.8, 4) is 0 Å². The van der Waals surface area contributed by atoms with Crippen molar-refractivity contribution < 1.29 is 0 Å². The number of hydrogen-bond donors (Lipinski definition) is 0. The van der Waals surface area contributed by atoms with Gasteiger partial charge in [0.25, 0.3) is 5.56 Å². The maximum absolute atomic E-state index is 12.3. The van der Waals surface area contributed by atoms with Crippen molar-refractivity contribution in [1.82, 2.24) is 23.7 Å². The second-order valence-corrected chi connectivity index (χ2v) is 5.20. The third-order valence-corrected chi connectivity index (χ3v) is 3.79. The smallest absolute Gasteiger partial charge is 0.264 e. The first kappa shape index (κ1) is 12.0. The topological polar surface area (TPSA) is 65.6 Å². The van der Waals surface area contributed by atoms with E-state index in [1.165, 1.54) is 11.5 Å². The van der Waals surface area contributed by atoms with Crippen molar-refractivity contribution in [3.05, 3.63) is 39.5 Å². The van der Waals surface area contributed by atoms with Crippen LogP contribution in [-0.4, -0.2) is 23.7 Å². The molecule has 0 spiro atoms. The van der Waals surface area contributed by atoms with Crippen LogP contribution in [0.15, 0.2) is 23.4 Å². The Hall–Kier alpha value is -2.02. The predicted molar refractivity (Wildman–Crippen MR) is 73.4 cm³/mol. The summed E-state index contributed by atoms with van der Waals surface area (Å²) in [7, 11) is 0. The number of nitrogens with zero attached hydrogens (tertiary/aromatic N) is 5. The van der Waals surface area contributed by atoms with Gasteiger partial charge in [-0.15, -0.1) is 0 Å². The van der Waals surface area contributed by atoms with Crippen molar-refractivity contribution in [2.75, 3.05) is 0 Å². The van der Waals surface area contributed by atoms with E-state index in [1.54, 1.807) is 21.8 Å². The fourth-order valence-corrected chi connectivity index (χ4v) is 2.73. The standard InChI is InChI=1S/C12H13N5OS/c1-3-17-11-10(5-14-17)12(18)16(7-13-11)6-9-4-8(2)15-19-9/h4-5,7H,3,6H2,1-2H3. The van der Waals surface area contributed by atoms with Gasteiger partial charge in [-0.1, -0.05) is 0 Å². The van der Waals surface area contributed by atoms with E-state index < -0.39 is 0 Å². The maximum Gasteiger partial charge on any atom is 0.264 e. The van der Waals surface area contributed by atoms with Gasteiger partial charge in [-0.2, -0.15) is 9.47 Å². The molecule has 0 unspecified atom stereocenters. The van der Waals surface area contributed by atoms with E-state index in [2.05, 4.69) is 14.5 Å². The monoisotopic (exact) mass is 275 g/mol. The van der Waals surface area contributed by atoms with Gasteiger partial charge in [0.05, 0.1) is 18.4 Å². The van der Waals surface area contributed by atoms with Crippen molar-refractivity contribution >= 4 is 22.6 Å². The molecule has 0 aromatic carbocycles. The lowest BCUT2D eigenvalue weighted by atomic mass is 10.4. The first-order chi connectivity index (χ1) is 9.19. The van der Waals surface area contributed by atoms with Gasteiger partial charge in [0, 0.05) is 11.4 Å². The number of hydrogen-bond acceptors (Lipinski definition) is 5. The summed E-state index contributed by atoms with van der Waals surface area (Å²) in [5.74, 6) is 0. The second-order valence-electron chi connectivity index (χ2n) is 4.31. The van der Waals surface area contributed by atoms with Gasteiger partial charge in [-0.3, -0.25) is 9.36 Å². The zero-order valence-electron chi connectivity index (χ0n) is 10.7. The van der Waals surface area contributed by atoms with E-state index >= 15 is 0 Å². The molecule has 0 N–H and O–H groups in total. The Labute approximate surface area is 113 Å². The zero-order chi connectivity index (χ0) is 13.4. The van der Waals surface area contributed by atoms with Crippen LogP contribution in [0.3, 0.4) is 0 Å². The molecule has 98 valence electrons. The van der Waals surface area contributed by atoms with Gasteiger partial charge in [0.15, 0.2) is 5.65 Å². The largest absolute Gasteiger partial charge is 0.293 e. The van der Waals surface area contributed by atoms with Crippen LogP contribution in [0.2, 0.25) is 0 Å². The van der Waals surface area contributed by atoms with Gasteiger partial charge in [0.1, 0.15) is 11.7 Å². The lowest BCUT2D eigenvalue weighted by Crippen LogP contribution is -2.20. The molecule has 0 fully saturated rings. The van der Waals surface area contributed by atoms with Crippen LogP contribution in [0.25, 0.3) is 11.0 Å². The van der Waals surface area contributed by atoms with Gasteiger partial charge >= 0.3 is 0 Å². The van der Waals surface area contributed by atoms with Gasteiger partial charge in [0.2, 0.25) is 0 Å². The number of aryl methyl sites for hydroxylation is 2. The minimum Gasteiger partial charge on any atom is -0.293 e. The van der Waals surface area contributed by atoms with Gasteiger partial charge < -0.3 is 0 Å². The molecule has 19 heavy (non-hydrogen) atoms. The highest BCUT2D eigenvalue weighted by atomic mass is 32.1. The van der Waals surface area contributed by atoms with Crippen molar-refractivity contribution in [1.29, 1.82) is 0 Å². The van der Waals surface area contributed by atoms with Crippen LogP contribution in [0, 0.1) is 6.92 Å². The summed E-state index contributed by atoms with van der Waals surface area (Å²) in [6.45, 7) is 5.12. The lowest BCUT2D eigenvalue weighted by Gasteiger charge is -2.03. The van der Waals surface area contributed by atoms with Crippen molar-refractivity contribution in [2.24, 2.45) is 0 Å². The molecule has 0 saturated heterocycles. The third-order valence-electron chi connectivity index (χ3n) is 2.92. The molecule has 6 nitrogen and oxygen atoms in total. The minimum absolute atomic E-state index is 0.0595. The van der Waals surface area contributed by atoms with E-state index in [0.29, 0.717) is 24.1 Å². The highest BCUT2D eigenvalue weighted by Crippen LogP contribution is 2.11. The molecule has 0 aliphatic heterocycles. The molecular formula is C12H13N5OS. The average molecular weight is 275 g/mol. The van der Waals surface area contributed by atoms with Crippen LogP contribution in [-0.2, 0) is 13.1 Å². The van der Waals surface area contributed by atoms with E-state index in [1.807, 2.05) is 19.9 Å². The average Bonchev–Trinajstić information content (AvgIpc) is 2.99. The highest BCUT2D eigenvalue weighted by Gasteiger charge is 2.10. The van der Waals surface area contributed by atoms with Crippen molar-refractivity contribution in [3.63, 3.8) is 0 Å². The Morgan fingerprint density at radius 1 is 1.42 bits per heavy atom. The molecule has 0 amide bonds. The fraction of sp³-hybridized carbons (Fsp3) is 0.333. The lowest BCUT2D eigenvalue weighted by molar-refractivity contribution is 0.672. The van der Waals surface area contributed by atoms with Crippen LogP contribution < -0.4 is 5.56 Å². The highest BCUT2D eigenvalue weighted by molar-refractivity contribution is 7.05. The Morgan fingerprint density at radius 3 is 2.95 bits per heavy atom. The predicted octanol–water partition coefficient (Wildman–Crippen LogP) is 1.43. The summed E-state index contributed by atoms with van der Waals surface area (Å²) < 4.78 is 7.53. The third kappa shape index (κ3) is 2.06. The second kappa shape index (κ2) is 4.58. The molecule has 0 atom stereocenters. The van der Waals surface area contributed by atoms with Crippen LogP contribution in [0.1, 0.15) is 17.5 Å². The summed E-state index contributed by atoms with van der Waals surface area (Å²) in [6, 6.07) is 1.98. The molecule has 3 aromatic heterocycles. The summed E-state index contributed by atoms with van der Waals surface area (Å²) in [6.07, 6.45) is 3.16. The van der Waals surface area contributed by atoms with Crippen LogP contribution >= 0.6 is 11.5 Å². The Bertz CT molecular complexity index is 785. The molecule has 0 bridgehead atoms. The van der Waals surface area contributed by atoms with Crippen LogP contribution in [0.4, 0.5) is 0 Å². The Morgan fingerprint density at radius 2 is 2.26 bits per heavy atom. The van der Waals surface area contributed by atoms with Gasteiger partial charge in [-0.25, -0.2) is 9.67 Å².